The van der Waals surface area contributed by atoms with Crippen LogP contribution in [-0.4, -0.2) is 24.9 Å². The number of ether oxygens (including phenoxy) is 1. The van der Waals surface area contributed by atoms with E-state index in [1.807, 2.05) is 0 Å². The van der Waals surface area contributed by atoms with Crippen molar-refractivity contribution in [2.24, 2.45) is 5.41 Å². The van der Waals surface area contributed by atoms with Crippen LogP contribution in [-0.2, 0) is 9.53 Å². The normalized spacial score (nSPS) is 31.4. The summed E-state index contributed by atoms with van der Waals surface area (Å²) in [4.78, 5) is 11.0. The lowest BCUT2D eigenvalue weighted by Crippen LogP contribution is -2.30. The lowest BCUT2D eigenvalue weighted by molar-refractivity contribution is -0.181. The lowest BCUT2D eigenvalue weighted by atomic mass is 9.98. The van der Waals surface area contributed by atoms with Crippen LogP contribution in [0.5, 0.6) is 0 Å². The van der Waals surface area contributed by atoms with Gasteiger partial charge in [-0.05, 0) is 6.08 Å². The molecule has 1 saturated carbocycles. The summed E-state index contributed by atoms with van der Waals surface area (Å²) >= 11 is 0. The molecule has 3 nitrogen and oxygen atoms in total. The molecular weight excluding hydrogens is 254 g/mol. The zero-order chi connectivity index (χ0) is 14.2. The Labute approximate surface area is 100 Å². The van der Waals surface area contributed by atoms with Gasteiger partial charge in [0.1, 0.15) is 22.7 Å². The van der Waals surface area contributed by atoms with Crippen molar-refractivity contribution in [1.82, 2.24) is 0 Å². The predicted octanol–water partition coefficient (Wildman–Crippen LogP) is 2.46. The molecule has 0 spiro atoms. The third kappa shape index (κ3) is 1.88. The second kappa shape index (κ2) is 4.12. The fourth-order valence-electron chi connectivity index (χ4n) is 1.70. The Morgan fingerprint density at radius 3 is 2.39 bits per heavy atom. The van der Waals surface area contributed by atoms with E-state index in [-0.39, 0.29) is 6.08 Å². The van der Waals surface area contributed by atoms with Crippen molar-refractivity contribution in [2.75, 3.05) is 7.11 Å². The van der Waals surface area contributed by atoms with Gasteiger partial charge in [-0.2, -0.15) is 18.4 Å². The minimum absolute atomic E-state index is 0.278. The van der Waals surface area contributed by atoms with Crippen LogP contribution in [0.3, 0.4) is 0 Å². The van der Waals surface area contributed by atoms with Gasteiger partial charge >= 0.3 is 12.1 Å². The van der Waals surface area contributed by atoms with E-state index >= 15 is 0 Å². The lowest BCUT2D eigenvalue weighted by Gasteiger charge is -2.18. The van der Waals surface area contributed by atoms with E-state index in [2.05, 4.69) is 11.3 Å². The number of rotatable bonds is 3. The van der Waals surface area contributed by atoms with Crippen LogP contribution in [0.4, 0.5) is 17.6 Å². The number of hydrogen-bond acceptors (Lipinski definition) is 3. The van der Waals surface area contributed by atoms with Crippen LogP contribution in [0.1, 0.15) is 6.42 Å². The minimum atomic E-state index is -4.92. The summed E-state index contributed by atoms with van der Waals surface area (Å²) in [5, 5.41) is 8.59. The van der Waals surface area contributed by atoms with Gasteiger partial charge in [-0.1, -0.05) is 12.7 Å². The highest BCUT2D eigenvalue weighted by Crippen LogP contribution is 2.69. The van der Waals surface area contributed by atoms with Crippen molar-refractivity contribution in [3.05, 3.63) is 24.3 Å². The van der Waals surface area contributed by atoms with Crippen LogP contribution >= 0.6 is 0 Å². The van der Waals surface area contributed by atoms with Gasteiger partial charge in [-0.15, -0.1) is 0 Å². The summed E-state index contributed by atoms with van der Waals surface area (Å²) in [6.07, 6.45) is -5.01. The topological polar surface area (TPSA) is 50.1 Å². The van der Waals surface area contributed by atoms with E-state index in [9.17, 15) is 22.4 Å². The molecule has 2 atom stereocenters. The number of esters is 1. The van der Waals surface area contributed by atoms with E-state index < -0.39 is 35.2 Å². The minimum Gasteiger partial charge on any atom is -0.465 e. The summed E-state index contributed by atoms with van der Waals surface area (Å²) in [5.41, 5.74) is -6.45. The number of hydrogen-bond donors (Lipinski definition) is 0. The van der Waals surface area contributed by atoms with Gasteiger partial charge in [0, 0.05) is 6.42 Å². The first-order chi connectivity index (χ1) is 8.17. The van der Waals surface area contributed by atoms with E-state index in [0.29, 0.717) is 6.08 Å². The van der Waals surface area contributed by atoms with Crippen LogP contribution in [0.25, 0.3) is 0 Å². The first-order valence-electron chi connectivity index (χ1n) is 4.78. The van der Waals surface area contributed by atoms with Gasteiger partial charge in [0.2, 0.25) is 0 Å². The van der Waals surface area contributed by atoms with E-state index in [1.165, 1.54) is 6.07 Å². The number of methoxy groups -OCH3 is 1. The highest BCUT2D eigenvalue weighted by molar-refractivity contribution is 5.93. The van der Waals surface area contributed by atoms with Gasteiger partial charge in [0.05, 0.1) is 7.11 Å². The Kier molecular flexibility index (Phi) is 3.26. The Hall–Kier alpha value is -1.84. The Balaban J connectivity index is 3.27. The molecule has 0 heterocycles. The maximum absolute atomic E-state index is 13.8. The van der Waals surface area contributed by atoms with Crippen LogP contribution in [0.15, 0.2) is 24.3 Å². The smallest absolute Gasteiger partial charge is 0.401 e. The molecule has 0 aromatic carbocycles. The molecule has 7 heteroatoms. The first kappa shape index (κ1) is 14.2. The number of allylic oxidation sites excluding steroid dienone is 2. The third-order valence-corrected chi connectivity index (χ3v) is 2.90. The molecule has 18 heavy (non-hydrogen) atoms. The van der Waals surface area contributed by atoms with Gasteiger partial charge in [-0.3, -0.25) is 0 Å². The first-order valence-corrected chi connectivity index (χ1v) is 4.78. The molecule has 0 amide bonds. The number of carbonyl (C=O) groups excluding carboxylic acids is 1. The van der Waals surface area contributed by atoms with Crippen molar-refractivity contribution < 1.29 is 27.1 Å². The maximum Gasteiger partial charge on any atom is 0.401 e. The predicted molar refractivity (Wildman–Crippen MR) is 52.9 cm³/mol. The maximum atomic E-state index is 13.8. The molecule has 0 aromatic rings. The molecule has 2 unspecified atom stereocenters. The SMILES string of the molecule is C=CC1(F)CC1(/C=C(/C#N)C(=O)OC)C(F)(F)F. The Morgan fingerprint density at radius 2 is 2.11 bits per heavy atom. The number of alkyl halides is 4. The molecule has 1 rings (SSSR count). The van der Waals surface area contributed by atoms with Crippen LogP contribution in [0, 0.1) is 16.7 Å². The highest BCUT2D eigenvalue weighted by Gasteiger charge is 2.79. The summed E-state index contributed by atoms with van der Waals surface area (Å²) in [7, 11) is 0.914. The van der Waals surface area contributed by atoms with Gasteiger partial charge in [0.25, 0.3) is 0 Å². The van der Waals surface area contributed by atoms with Crippen molar-refractivity contribution in [1.29, 1.82) is 5.26 Å². The average Bonchev–Trinajstić information content (AvgIpc) is 2.92. The highest BCUT2D eigenvalue weighted by atomic mass is 19.4. The third-order valence-electron chi connectivity index (χ3n) is 2.90. The van der Waals surface area contributed by atoms with E-state index in [1.54, 1.807) is 0 Å². The summed E-state index contributed by atoms with van der Waals surface area (Å²) in [5.74, 6) is -1.24. The second-order valence-electron chi connectivity index (χ2n) is 3.87. The fraction of sp³-hybridized carbons (Fsp3) is 0.455. The van der Waals surface area contributed by atoms with Crippen molar-refractivity contribution in [3.63, 3.8) is 0 Å². The molecule has 0 aliphatic heterocycles. The average molecular weight is 263 g/mol. The largest absolute Gasteiger partial charge is 0.465 e. The van der Waals surface area contributed by atoms with Crippen molar-refractivity contribution in [2.45, 2.75) is 18.3 Å². The van der Waals surface area contributed by atoms with Crippen LogP contribution < -0.4 is 0 Å². The number of nitriles is 1. The molecule has 0 N–H and O–H groups in total. The molecule has 0 saturated heterocycles. The van der Waals surface area contributed by atoms with Crippen molar-refractivity contribution >= 4 is 5.97 Å². The zero-order valence-electron chi connectivity index (χ0n) is 9.34. The van der Waals surface area contributed by atoms with Crippen LogP contribution in [0.2, 0.25) is 0 Å². The molecule has 0 bridgehead atoms. The van der Waals surface area contributed by atoms with Gasteiger partial charge in [0.15, 0.2) is 0 Å². The fourth-order valence-corrected chi connectivity index (χ4v) is 1.70. The standard InChI is InChI=1S/C11H9F4NO2/c1-3-10(12)6-9(10,11(13,14)15)4-7(5-16)8(17)18-2/h3-4H,1,6H2,2H3/b7-4-. The zero-order valence-corrected chi connectivity index (χ0v) is 9.34. The van der Waals surface area contributed by atoms with E-state index in [0.717, 1.165) is 7.11 Å². The molecule has 1 aliphatic rings. The second-order valence-corrected chi connectivity index (χ2v) is 3.87. The molecule has 0 aromatic heterocycles. The molecule has 0 radical (unpaired) electrons. The molecule has 1 aliphatic carbocycles. The molecule has 98 valence electrons. The quantitative estimate of drug-likeness (QED) is 0.258. The number of carbonyl (C=O) groups is 1. The monoisotopic (exact) mass is 263 g/mol. The van der Waals surface area contributed by atoms with Gasteiger partial charge in [-0.25, -0.2) is 9.18 Å². The molecular formula is C11H9F4NO2. The summed E-state index contributed by atoms with van der Waals surface area (Å²) in [6, 6.07) is 1.27. The summed E-state index contributed by atoms with van der Waals surface area (Å²) in [6.45, 7) is 3.00. The Morgan fingerprint density at radius 1 is 1.56 bits per heavy atom. The van der Waals surface area contributed by atoms with Crippen molar-refractivity contribution in [3.8, 4) is 6.07 Å². The number of halogens is 4. The summed E-state index contributed by atoms with van der Waals surface area (Å²) < 4.78 is 56.5. The van der Waals surface area contributed by atoms with E-state index in [4.69, 9.17) is 5.26 Å². The van der Waals surface area contributed by atoms with Gasteiger partial charge < -0.3 is 4.74 Å². The number of nitrogens with zero attached hydrogens (tertiary/aromatic N) is 1. The molecule has 1 fully saturated rings. The Bertz CT molecular complexity index is 463.